The van der Waals surface area contributed by atoms with E-state index < -0.39 is 23.6 Å². The normalized spacial score (nSPS) is 10.6. The van der Waals surface area contributed by atoms with E-state index in [1.54, 1.807) is 30.3 Å². The third kappa shape index (κ3) is 3.69. The molecule has 0 amide bonds. The second kappa shape index (κ2) is 6.92. The van der Waals surface area contributed by atoms with Gasteiger partial charge in [-0.05, 0) is 53.6 Å². The van der Waals surface area contributed by atoms with Crippen LogP contribution in [0.1, 0.15) is 22.8 Å². The van der Waals surface area contributed by atoms with Crippen LogP contribution in [0.15, 0.2) is 48.5 Å². The lowest BCUT2D eigenvalue weighted by atomic mass is 10.1. The Hall–Kier alpha value is -3.28. The first kappa shape index (κ1) is 17.5. The van der Waals surface area contributed by atoms with Gasteiger partial charge in [-0.25, -0.2) is 13.6 Å². The topological polar surface area (TPSA) is 52.6 Å². The zero-order chi connectivity index (χ0) is 18.8. The fourth-order valence-electron chi connectivity index (χ4n) is 2.50. The van der Waals surface area contributed by atoms with Crippen molar-refractivity contribution < 1.29 is 27.8 Å². The van der Waals surface area contributed by atoms with Gasteiger partial charge in [-0.15, -0.1) is 0 Å². The van der Waals surface area contributed by atoms with Crippen LogP contribution in [-0.2, 0) is 4.79 Å². The SMILES string of the molecule is CC(=O)Oc1ccc2cc(C(=O)Oc3cc(C)c(F)c(F)c3)ccc2c1. The number of ether oxygens (including phenoxy) is 2. The minimum absolute atomic E-state index is 0.0457. The van der Waals surface area contributed by atoms with Crippen LogP contribution in [0, 0.1) is 18.6 Å². The molecule has 0 bridgehead atoms. The molecule has 3 aromatic carbocycles. The van der Waals surface area contributed by atoms with Crippen molar-refractivity contribution in [2.75, 3.05) is 0 Å². The minimum atomic E-state index is -1.08. The first-order chi connectivity index (χ1) is 12.3. The van der Waals surface area contributed by atoms with Gasteiger partial charge in [-0.1, -0.05) is 12.1 Å². The summed E-state index contributed by atoms with van der Waals surface area (Å²) >= 11 is 0. The van der Waals surface area contributed by atoms with Crippen LogP contribution in [0.5, 0.6) is 11.5 Å². The zero-order valence-corrected chi connectivity index (χ0v) is 14.0. The molecule has 0 spiro atoms. The van der Waals surface area contributed by atoms with Gasteiger partial charge in [0, 0.05) is 13.0 Å². The molecule has 0 aromatic heterocycles. The molecule has 3 aromatic rings. The second-order valence-corrected chi connectivity index (χ2v) is 5.74. The summed E-state index contributed by atoms with van der Waals surface area (Å²) in [6, 6.07) is 11.9. The molecule has 0 radical (unpaired) electrons. The Morgan fingerprint density at radius 2 is 1.54 bits per heavy atom. The highest BCUT2D eigenvalue weighted by molar-refractivity contribution is 5.96. The highest BCUT2D eigenvalue weighted by atomic mass is 19.2. The summed E-state index contributed by atoms with van der Waals surface area (Å²) in [6.45, 7) is 2.69. The Morgan fingerprint density at radius 3 is 2.23 bits per heavy atom. The summed E-state index contributed by atoms with van der Waals surface area (Å²) in [6.07, 6.45) is 0. The molecule has 0 aliphatic rings. The molecule has 0 heterocycles. The number of fused-ring (bicyclic) bond motifs is 1. The Morgan fingerprint density at radius 1 is 0.846 bits per heavy atom. The number of halogens is 2. The van der Waals surface area contributed by atoms with Crippen LogP contribution in [0.3, 0.4) is 0 Å². The molecule has 0 aliphatic carbocycles. The van der Waals surface area contributed by atoms with Crippen molar-refractivity contribution in [2.45, 2.75) is 13.8 Å². The average Bonchev–Trinajstić information content (AvgIpc) is 2.58. The van der Waals surface area contributed by atoms with Crippen LogP contribution >= 0.6 is 0 Å². The average molecular weight is 356 g/mol. The molecule has 0 atom stereocenters. The smallest absolute Gasteiger partial charge is 0.343 e. The van der Waals surface area contributed by atoms with Crippen molar-refractivity contribution in [3.8, 4) is 11.5 Å². The lowest BCUT2D eigenvalue weighted by molar-refractivity contribution is -0.131. The van der Waals surface area contributed by atoms with Gasteiger partial charge in [-0.2, -0.15) is 0 Å². The predicted molar refractivity (Wildman–Crippen MR) is 91.3 cm³/mol. The number of hydrogen-bond donors (Lipinski definition) is 0. The summed E-state index contributed by atoms with van der Waals surface area (Å²) in [5, 5.41) is 1.50. The van der Waals surface area contributed by atoms with Crippen molar-refractivity contribution in [1.29, 1.82) is 0 Å². The van der Waals surface area contributed by atoms with Crippen molar-refractivity contribution in [2.24, 2.45) is 0 Å². The quantitative estimate of drug-likeness (QED) is 0.509. The molecule has 4 nitrogen and oxygen atoms in total. The molecule has 0 fully saturated rings. The van der Waals surface area contributed by atoms with E-state index >= 15 is 0 Å². The van der Waals surface area contributed by atoms with Gasteiger partial charge >= 0.3 is 11.9 Å². The Labute approximate surface area is 148 Å². The van der Waals surface area contributed by atoms with Crippen LogP contribution in [0.25, 0.3) is 10.8 Å². The van der Waals surface area contributed by atoms with Gasteiger partial charge in [0.2, 0.25) is 0 Å². The van der Waals surface area contributed by atoms with Gasteiger partial charge in [0.05, 0.1) is 5.56 Å². The summed E-state index contributed by atoms with van der Waals surface area (Å²) < 4.78 is 36.9. The summed E-state index contributed by atoms with van der Waals surface area (Å²) in [5.74, 6) is -2.84. The van der Waals surface area contributed by atoms with Crippen LogP contribution < -0.4 is 9.47 Å². The third-order valence-electron chi connectivity index (χ3n) is 3.70. The maximum Gasteiger partial charge on any atom is 0.343 e. The van der Waals surface area contributed by atoms with Crippen LogP contribution in [0.4, 0.5) is 8.78 Å². The van der Waals surface area contributed by atoms with E-state index in [1.165, 1.54) is 26.0 Å². The Kier molecular flexibility index (Phi) is 4.67. The Balaban J connectivity index is 1.85. The molecule has 3 rings (SSSR count). The highest BCUT2D eigenvalue weighted by Gasteiger charge is 2.13. The maximum atomic E-state index is 13.4. The maximum absolute atomic E-state index is 13.4. The lowest BCUT2D eigenvalue weighted by Gasteiger charge is -2.08. The molecule has 0 saturated heterocycles. The van der Waals surface area contributed by atoms with E-state index in [9.17, 15) is 18.4 Å². The van der Waals surface area contributed by atoms with E-state index in [0.717, 1.165) is 16.8 Å². The standard InChI is InChI=1S/C20H14F2O4/c1-11-7-17(10-18(21)19(11)22)26-20(24)15-4-3-14-9-16(25-12(2)23)6-5-13(14)8-15/h3-10H,1-2H3. The molecule has 0 unspecified atom stereocenters. The van der Waals surface area contributed by atoms with Crippen LogP contribution in [-0.4, -0.2) is 11.9 Å². The zero-order valence-electron chi connectivity index (χ0n) is 14.0. The number of benzene rings is 3. The monoisotopic (exact) mass is 356 g/mol. The number of carbonyl (C=O) groups excluding carboxylic acids is 2. The van der Waals surface area contributed by atoms with E-state index in [1.807, 2.05) is 0 Å². The summed E-state index contributed by atoms with van der Waals surface area (Å²) in [4.78, 5) is 23.3. The Bertz CT molecular complexity index is 1000. The van der Waals surface area contributed by atoms with E-state index in [4.69, 9.17) is 9.47 Å². The number of rotatable bonds is 3. The first-order valence-electron chi connectivity index (χ1n) is 7.73. The van der Waals surface area contributed by atoms with Gasteiger partial charge in [0.25, 0.3) is 0 Å². The van der Waals surface area contributed by atoms with Gasteiger partial charge in [0.1, 0.15) is 11.5 Å². The lowest BCUT2D eigenvalue weighted by Crippen LogP contribution is -2.09. The number of carbonyl (C=O) groups is 2. The fraction of sp³-hybridized carbons (Fsp3) is 0.100. The largest absolute Gasteiger partial charge is 0.427 e. The number of esters is 2. The molecular formula is C20H14F2O4. The van der Waals surface area contributed by atoms with E-state index in [0.29, 0.717) is 5.75 Å². The van der Waals surface area contributed by atoms with Crippen molar-refractivity contribution in [1.82, 2.24) is 0 Å². The van der Waals surface area contributed by atoms with Crippen LogP contribution in [0.2, 0.25) is 0 Å². The molecule has 0 aliphatic heterocycles. The second-order valence-electron chi connectivity index (χ2n) is 5.74. The molecule has 0 N–H and O–H groups in total. The number of hydrogen-bond acceptors (Lipinski definition) is 4. The molecule has 6 heteroatoms. The van der Waals surface area contributed by atoms with Gasteiger partial charge in [-0.3, -0.25) is 4.79 Å². The van der Waals surface area contributed by atoms with E-state index in [-0.39, 0.29) is 16.9 Å². The fourth-order valence-corrected chi connectivity index (χ4v) is 2.50. The molecule has 132 valence electrons. The summed E-state index contributed by atoms with van der Waals surface area (Å²) in [5.41, 5.74) is 0.296. The van der Waals surface area contributed by atoms with Crippen molar-refractivity contribution >= 4 is 22.7 Å². The van der Waals surface area contributed by atoms with Gasteiger partial charge in [0.15, 0.2) is 11.6 Å². The molecule has 26 heavy (non-hydrogen) atoms. The minimum Gasteiger partial charge on any atom is -0.427 e. The van der Waals surface area contributed by atoms with E-state index in [2.05, 4.69) is 0 Å². The van der Waals surface area contributed by atoms with Crippen molar-refractivity contribution in [3.63, 3.8) is 0 Å². The van der Waals surface area contributed by atoms with Crippen molar-refractivity contribution in [3.05, 3.63) is 71.3 Å². The first-order valence-corrected chi connectivity index (χ1v) is 7.73. The number of aryl methyl sites for hydroxylation is 1. The highest BCUT2D eigenvalue weighted by Crippen LogP contribution is 2.24. The van der Waals surface area contributed by atoms with Gasteiger partial charge < -0.3 is 9.47 Å². The molecule has 0 saturated carbocycles. The third-order valence-corrected chi connectivity index (χ3v) is 3.70. The predicted octanol–water partition coefficient (Wildman–Crippen LogP) is 4.57. The molecular weight excluding hydrogens is 342 g/mol. The summed E-state index contributed by atoms with van der Waals surface area (Å²) in [7, 11) is 0.